The molecule has 0 spiro atoms. The van der Waals surface area contributed by atoms with Gasteiger partial charge in [0.05, 0.1) is 0 Å². The number of rotatable bonds is 5. The zero-order valence-corrected chi connectivity index (χ0v) is 11.1. The Morgan fingerprint density at radius 2 is 1.83 bits per heavy atom. The van der Waals surface area contributed by atoms with Crippen LogP contribution in [0.25, 0.3) is 0 Å². The van der Waals surface area contributed by atoms with Crippen molar-refractivity contribution < 1.29 is 0 Å². The first-order valence-electron chi connectivity index (χ1n) is 6.93. The minimum Gasteiger partial charge on any atom is -0.329 e. The van der Waals surface area contributed by atoms with Crippen molar-refractivity contribution in [2.24, 2.45) is 5.73 Å². The molecule has 1 fully saturated rings. The fourth-order valence-corrected chi connectivity index (χ4v) is 2.47. The number of aromatic nitrogens is 1. The second-order valence-corrected chi connectivity index (χ2v) is 4.90. The lowest BCUT2D eigenvalue weighted by molar-refractivity contribution is 0.261. The SMILES string of the molecule is NCCN1CCCN(CCc2ccccn2)CC1. The van der Waals surface area contributed by atoms with E-state index in [4.69, 9.17) is 5.73 Å². The minimum absolute atomic E-state index is 0.772. The smallest absolute Gasteiger partial charge is 0.0416 e. The van der Waals surface area contributed by atoms with E-state index in [-0.39, 0.29) is 0 Å². The van der Waals surface area contributed by atoms with Gasteiger partial charge in [0.15, 0.2) is 0 Å². The fourth-order valence-electron chi connectivity index (χ4n) is 2.47. The molecular formula is C14H24N4. The molecule has 0 saturated carbocycles. The summed E-state index contributed by atoms with van der Waals surface area (Å²) in [5.74, 6) is 0. The molecule has 4 nitrogen and oxygen atoms in total. The van der Waals surface area contributed by atoms with Gasteiger partial charge in [-0.3, -0.25) is 4.98 Å². The Morgan fingerprint density at radius 3 is 2.50 bits per heavy atom. The average Bonchev–Trinajstić information content (AvgIpc) is 2.64. The van der Waals surface area contributed by atoms with Crippen LogP contribution in [0.3, 0.4) is 0 Å². The molecule has 1 aliphatic heterocycles. The monoisotopic (exact) mass is 248 g/mol. The molecule has 1 aromatic rings. The Hall–Kier alpha value is -0.970. The van der Waals surface area contributed by atoms with Gasteiger partial charge in [-0.05, 0) is 31.6 Å². The summed E-state index contributed by atoms with van der Waals surface area (Å²) < 4.78 is 0. The molecule has 0 aromatic carbocycles. The molecule has 1 aliphatic rings. The van der Waals surface area contributed by atoms with Crippen LogP contribution in [0.4, 0.5) is 0 Å². The predicted octanol–water partition coefficient (Wildman–Crippen LogP) is 0.591. The average molecular weight is 248 g/mol. The van der Waals surface area contributed by atoms with Crippen LogP contribution in [-0.4, -0.2) is 60.6 Å². The third-order valence-corrected chi connectivity index (χ3v) is 3.54. The van der Waals surface area contributed by atoms with Crippen LogP contribution >= 0.6 is 0 Å². The van der Waals surface area contributed by atoms with Crippen LogP contribution in [0.5, 0.6) is 0 Å². The highest BCUT2D eigenvalue weighted by atomic mass is 15.2. The minimum atomic E-state index is 0.772. The molecule has 1 saturated heterocycles. The Bertz CT molecular complexity index is 328. The van der Waals surface area contributed by atoms with Crippen LogP contribution in [0, 0.1) is 0 Å². The molecule has 0 atom stereocenters. The summed E-state index contributed by atoms with van der Waals surface area (Å²) in [6.07, 6.45) is 4.18. The van der Waals surface area contributed by atoms with Crippen molar-refractivity contribution in [3.8, 4) is 0 Å². The van der Waals surface area contributed by atoms with Gasteiger partial charge in [0.2, 0.25) is 0 Å². The van der Waals surface area contributed by atoms with Gasteiger partial charge in [-0.1, -0.05) is 6.07 Å². The second-order valence-electron chi connectivity index (χ2n) is 4.90. The molecule has 2 heterocycles. The van der Waals surface area contributed by atoms with E-state index in [1.165, 1.54) is 25.2 Å². The predicted molar refractivity (Wildman–Crippen MR) is 74.5 cm³/mol. The third-order valence-electron chi connectivity index (χ3n) is 3.54. The molecule has 1 aromatic heterocycles. The van der Waals surface area contributed by atoms with Gasteiger partial charge >= 0.3 is 0 Å². The lowest BCUT2D eigenvalue weighted by Crippen LogP contribution is -2.34. The van der Waals surface area contributed by atoms with Gasteiger partial charge in [0.25, 0.3) is 0 Å². The Kier molecular flexibility index (Phi) is 5.58. The molecule has 0 bridgehead atoms. The van der Waals surface area contributed by atoms with E-state index in [2.05, 4.69) is 26.9 Å². The van der Waals surface area contributed by atoms with E-state index < -0.39 is 0 Å². The van der Waals surface area contributed by atoms with E-state index in [0.717, 1.165) is 39.1 Å². The number of nitrogens with two attached hydrogens (primary N) is 1. The summed E-state index contributed by atoms with van der Waals surface area (Å²) >= 11 is 0. The number of nitrogens with zero attached hydrogens (tertiary/aromatic N) is 3. The van der Waals surface area contributed by atoms with E-state index >= 15 is 0 Å². The molecule has 0 unspecified atom stereocenters. The maximum atomic E-state index is 5.62. The van der Waals surface area contributed by atoms with Gasteiger partial charge in [-0.25, -0.2) is 0 Å². The molecular weight excluding hydrogens is 224 g/mol. The molecule has 0 aliphatic carbocycles. The van der Waals surface area contributed by atoms with Crippen molar-refractivity contribution in [3.63, 3.8) is 0 Å². The van der Waals surface area contributed by atoms with Crippen LogP contribution in [0.1, 0.15) is 12.1 Å². The first-order valence-corrected chi connectivity index (χ1v) is 6.93. The lowest BCUT2D eigenvalue weighted by Gasteiger charge is -2.21. The van der Waals surface area contributed by atoms with Crippen LogP contribution < -0.4 is 5.73 Å². The maximum Gasteiger partial charge on any atom is 0.0416 e. The van der Waals surface area contributed by atoms with Gasteiger partial charge in [0, 0.05) is 51.0 Å². The molecule has 2 rings (SSSR count). The largest absolute Gasteiger partial charge is 0.329 e. The topological polar surface area (TPSA) is 45.4 Å². The van der Waals surface area contributed by atoms with E-state index in [1.54, 1.807) is 0 Å². The number of hydrogen-bond donors (Lipinski definition) is 1. The quantitative estimate of drug-likeness (QED) is 0.828. The molecule has 2 N–H and O–H groups in total. The van der Waals surface area contributed by atoms with Gasteiger partial charge in [0.1, 0.15) is 0 Å². The Labute approximate surface area is 110 Å². The highest BCUT2D eigenvalue weighted by Crippen LogP contribution is 2.04. The lowest BCUT2D eigenvalue weighted by atomic mass is 10.2. The standard InChI is InChI=1S/C14H24N4/c15-6-11-18-9-3-8-17(12-13-18)10-5-14-4-1-2-7-16-14/h1-2,4,7H,3,5-6,8-13,15H2. The number of pyridine rings is 1. The molecule has 0 radical (unpaired) electrons. The van der Waals surface area contributed by atoms with E-state index in [9.17, 15) is 0 Å². The van der Waals surface area contributed by atoms with Crippen molar-refractivity contribution in [1.82, 2.24) is 14.8 Å². The van der Waals surface area contributed by atoms with Gasteiger partial charge in [-0.2, -0.15) is 0 Å². The van der Waals surface area contributed by atoms with E-state index in [1.807, 2.05) is 12.3 Å². The normalized spacial score (nSPS) is 18.7. The molecule has 100 valence electrons. The van der Waals surface area contributed by atoms with Crippen molar-refractivity contribution in [3.05, 3.63) is 30.1 Å². The van der Waals surface area contributed by atoms with Crippen molar-refractivity contribution >= 4 is 0 Å². The van der Waals surface area contributed by atoms with Gasteiger partial charge < -0.3 is 15.5 Å². The first kappa shape index (κ1) is 13.5. The molecule has 4 heteroatoms. The Balaban J connectivity index is 1.73. The zero-order valence-electron chi connectivity index (χ0n) is 11.1. The maximum absolute atomic E-state index is 5.62. The summed E-state index contributed by atoms with van der Waals surface area (Å²) in [6, 6.07) is 6.15. The second kappa shape index (κ2) is 7.46. The number of hydrogen-bond acceptors (Lipinski definition) is 4. The first-order chi connectivity index (χ1) is 8.88. The van der Waals surface area contributed by atoms with Crippen molar-refractivity contribution in [1.29, 1.82) is 0 Å². The molecule has 18 heavy (non-hydrogen) atoms. The van der Waals surface area contributed by atoms with Crippen molar-refractivity contribution in [2.45, 2.75) is 12.8 Å². The van der Waals surface area contributed by atoms with E-state index in [0.29, 0.717) is 0 Å². The summed E-state index contributed by atoms with van der Waals surface area (Å²) in [5, 5.41) is 0. The zero-order chi connectivity index (χ0) is 12.6. The summed E-state index contributed by atoms with van der Waals surface area (Å²) in [5.41, 5.74) is 6.81. The Morgan fingerprint density at radius 1 is 1.06 bits per heavy atom. The van der Waals surface area contributed by atoms with Crippen LogP contribution in [0.2, 0.25) is 0 Å². The van der Waals surface area contributed by atoms with Crippen LogP contribution in [-0.2, 0) is 6.42 Å². The highest BCUT2D eigenvalue weighted by Gasteiger charge is 2.13. The summed E-state index contributed by atoms with van der Waals surface area (Å²) in [4.78, 5) is 9.40. The fraction of sp³-hybridized carbons (Fsp3) is 0.643. The third kappa shape index (κ3) is 4.37. The molecule has 0 amide bonds. The summed E-state index contributed by atoms with van der Waals surface area (Å²) in [7, 11) is 0. The van der Waals surface area contributed by atoms with Gasteiger partial charge in [-0.15, -0.1) is 0 Å². The van der Waals surface area contributed by atoms with Crippen molar-refractivity contribution in [2.75, 3.05) is 45.8 Å². The summed E-state index contributed by atoms with van der Waals surface area (Å²) in [6.45, 7) is 7.63. The highest BCUT2D eigenvalue weighted by molar-refractivity contribution is 5.03. The van der Waals surface area contributed by atoms with Crippen LogP contribution in [0.15, 0.2) is 24.4 Å².